The van der Waals surface area contributed by atoms with E-state index in [4.69, 9.17) is 14.1 Å². The van der Waals surface area contributed by atoms with Crippen LogP contribution < -0.4 is 0 Å². The molecule has 16 heavy (non-hydrogen) atoms. The highest BCUT2D eigenvalue weighted by Gasteiger charge is 2.27. The van der Waals surface area contributed by atoms with E-state index in [1.54, 1.807) is 0 Å². The zero-order chi connectivity index (χ0) is 11.4. The summed E-state index contributed by atoms with van der Waals surface area (Å²) in [6.45, 7) is 0.775. The number of carbonyl (C=O) groups is 2. The molecule has 88 valence electrons. The van der Waals surface area contributed by atoms with Gasteiger partial charge in [-0.3, -0.25) is 0 Å². The molecule has 2 aliphatic rings. The maximum Gasteiger partial charge on any atom is 0.508 e. The lowest BCUT2D eigenvalue weighted by Gasteiger charge is -2.08. The van der Waals surface area contributed by atoms with E-state index >= 15 is 0 Å². The van der Waals surface area contributed by atoms with Gasteiger partial charge in [0.2, 0.25) is 0 Å². The molecule has 0 aromatic carbocycles. The Balaban J connectivity index is 1.52. The standard InChI is InChI=1S/C8H11BO7/c10-7-12-2-5(15-7)1-9-14-4-6-3-13-8(11)16-6/h5-6,9H,1-4H2. The van der Waals surface area contributed by atoms with Crippen molar-refractivity contribution in [2.45, 2.75) is 18.5 Å². The summed E-state index contributed by atoms with van der Waals surface area (Å²) in [5.41, 5.74) is 0. The molecule has 2 atom stereocenters. The van der Waals surface area contributed by atoms with Gasteiger partial charge in [-0.2, -0.15) is 0 Å². The first kappa shape index (κ1) is 11.1. The molecule has 2 fully saturated rings. The highest BCUT2D eigenvalue weighted by atomic mass is 16.8. The monoisotopic (exact) mass is 230 g/mol. The van der Waals surface area contributed by atoms with Crippen molar-refractivity contribution in [3.05, 3.63) is 0 Å². The Morgan fingerprint density at radius 3 is 2.31 bits per heavy atom. The molecule has 2 unspecified atom stereocenters. The SMILES string of the molecule is O=C1OCC(CBOCC2COC(=O)O2)O1. The molecule has 0 aromatic heterocycles. The Morgan fingerprint density at radius 1 is 1.12 bits per heavy atom. The fourth-order valence-corrected chi connectivity index (χ4v) is 1.38. The topological polar surface area (TPSA) is 80.3 Å². The highest BCUT2D eigenvalue weighted by molar-refractivity contribution is 6.27. The first-order chi connectivity index (χ1) is 7.74. The van der Waals surface area contributed by atoms with Crippen molar-refractivity contribution < 1.29 is 33.2 Å². The van der Waals surface area contributed by atoms with E-state index in [9.17, 15) is 9.59 Å². The van der Waals surface area contributed by atoms with Gasteiger partial charge in [0.25, 0.3) is 7.48 Å². The molecule has 2 heterocycles. The van der Waals surface area contributed by atoms with Gasteiger partial charge < -0.3 is 23.6 Å². The molecular weight excluding hydrogens is 219 g/mol. The van der Waals surface area contributed by atoms with Crippen LogP contribution in [0.5, 0.6) is 0 Å². The molecule has 0 radical (unpaired) electrons. The largest absolute Gasteiger partial charge is 0.508 e. The van der Waals surface area contributed by atoms with Crippen molar-refractivity contribution in [2.24, 2.45) is 0 Å². The van der Waals surface area contributed by atoms with E-state index in [0.717, 1.165) is 0 Å². The van der Waals surface area contributed by atoms with E-state index in [1.807, 2.05) is 0 Å². The third-order valence-electron chi connectivity index (χ3n) is 2.19. The lowest BCUT2D eigenvalue weighted by molar-refractivity contribution is 0.0978. The van der Waals surface area contributed by atoms with Gasteiger partial charge >= 0.3 is 12.3 Å². The van der Waals surface area contributed by atoms with Crippen LogP contribution in [0.15, 0.2) is 0 Å². The van der Waals surface area contributed by atoms with Gasteiger partial charge in [-0.1, -0.05) is 0 Å². The van der Waals surface area contributed by atoms with Gasteiger partial charge in [-0.15, -0.1) is 0 Å². The molecular formula is C8H11BO7. The van der Waals surface area contributed by atoms with E-state index in [2.05, 4.69) is 9.47 Å². The summed E-state index contributed by atoms with van der Waals surface area (Å²) in [4.78, 5) is 21.1. The molecule has 0 saturated carbocycles. The van der Waals surface area contributed by atoms with Gasteiger partial charge in [0.1, 0.15) is 19.3 Å². The van der Waals surface area contributed by atoms with Crippen molar-refractivity contribution in [3.63, 3.8) is 0 Å². The van der Waals surface area contributed by atoms with Gasteiger partial charge in [-0.05, 0) is 6.32 Å². The number of rotatable bonds is 5. The zero-order valence-corrected chi connectivity index (χ0v) is 8.55. The van der Waals surface area contributed by atoms with Crippen LogP contribution in [0.4, 0.5) is 9.59 Å². The smallest absolute Gasteiger partial charge is 0.435 e. The molecule has 0 amide bonds. The first-order valence-corrected chi connectivity index (χ1v) is 4.98. The Morgan fingerprint density at radius 2 is 1.75 bits per heavy atom. The summed E-state index contributed by atoms with van der Waals surface area (Å²) in [7, 11) is 0.412. The fraction of sp³-hybridized carbons (Fsp3) is 0.750. The van der Waals surface area contributed by atoms with Gasteiger partial charge in [0.15, 0.2) is 6.10 Å². The Bertz CT molecular complexity index is 254. The van der Waals surface area contributed by atoms with Crippen LogP contribution in [-0.2, 0) is 23.6 Å². The molecule has 0 bridgehead atoms. The van der Waals surface area contributed by atoms with E-state index in [1.165, 1.54) is 0 Å². The minimum Gasteiger partial charge on any atom is -0.435 e. The van der Waals surface area contributed by atoms with E-state index in [0.29, 0.717) is 13.8 Å². The lowest BCUT2D eigenvalue weighted by atomic mass is 9.91. The minimum absolute atomic E-state index is 0.223. The average molecular weight is 230 g/mol. The van der Waals surface area contributed by atoms with Crippen LogP contribution in [-0.4, -0.2) is 51.8 Å². The number of hydrogen-bond acceptors (Lipinski definition) is 7. The highest BCUT2D eigenvalue weighted by Crippen LogP contribution is 2.10. The summed E-state index contributed by atoms with van der Waals surface area (Å²) in [5, 5.41) is 0. The second kappa shape index (κ2) is 5.06. The Labute approximate surface area is 92.2 Å². The fourth-order valence-electron chi connectivity index (χ4n) is 1.38. The molecule has 0 N–H and O–H groups in total. The summed E-state index contributed by atoms with van der Waals surface area (Å²) in [6, 6.07) is 0. The van der Waals surface area contributed by atoms with Gasteiger partial charge in [0, 0.05) is 0 Å². The second-order valence-corrected chi connectivity index (χ2v) is 3.47. The van der Waals surface area contributed by atoms with Crippen LogP contribution in [0, 0.1) is 0 Å². The number of carbonyl (C=O) groups excluding carboxylic acids is 2. The first-order valence-electron chi connectivity index (χ1n) is 4.98. The summed E-state index contributed by atoms with van der Waals surface area (Å²) in [5.74, 6) is 0. The van der Waals surface area contributed by atoms with Crippen molar-refractivity contribution in [2.75, 3.05) is 19.8 Å². The molecule has 0 aliphatic carbocycles. The maximum atomic E-state index is 10.6. The third-order valence-corrected chi connectivity index (χ3v) is 2.19. The van der Waals surface area contributed by atoms with Crippen LogP contribution in [0.3, 0.4) is 0 Å². The molecule has 0 spiro atoms. The predicted molar refractivity (Wildman–Crippen MR) is 50.4 cm³/mol. The Kier molecular flexibility index (Phi) is 3.50. The van der Waals surface area contributed by atoms with Crippen molar-refractivity contribution in [1.29, 1.82) is 0 Å². The van der Waals surface area contributed by atoms with Crippen LogP contribution in [0.2, 0.25) is 6.32 Å². The van der Waals surface area contributed by atoms with Crippen molar-refractivity contribution in [1.82, 2.24) is 0 Å². The van der Waals surface area contributed by atoms with Crippen molar-refractivity contribution >= 4 is 19.8 Å². The maximum absolute atomic E-state index is 10.6. The van der Waals surface area contributed by atoms with Crippen molar-refractivity contribution in [3.8, 4) is 0 Å². The normalized spacial score (nSPS) is 28.0. The lowest BCUT2D eigenvalue weighted by Crippen LogP contribution is -2.21. The number of cyclic esters (lactones) is 4. The van der Waals surface area contributed by atoms with Crippen LogP contribution in [0.1, 0.15) is 0 Å². The molecule has 2 saturated heterocycles. The quantitative estimate of drug-likeness (QED) is 0.368. The minimum atomic E-state index is -0.660. The van der Waals surface area contributed by atoms with Crippen LogP contribution >= 0.6 is 0 Å². The summed E-state index contributed by atoms with van der Waals surface area (Å²) in [6.07, 6.45) is -1.31. The summed E-state index contributed by atoms with van der Waals surface area (Å²) < 4.78 is 24.0. The summed E-state index contributed by atoms with van der Waals surface area (Å²) >= 11 is 0. The molecule has 2 rings (SSSR count). The number of hydrogen-bond donors (Lipinski definition) is 0. The Hall–Kier alpha value is -1.44. The zero-order valence-electron chi connectivity index (χ0n) is 8.55. The van der Waals surface area contributed by atoms with Gasteiger partial charge in [-0.25, -0.2) is 9.59 Å². The average Bonchev–Trinajstić information content (AvgIpc) is 2.83. The third kappa shape index (κ3) is 3.03. The predicted octanol–water partition coefficient (Wildman–Crippen LogP) is -0.156. The number of ether oxygens (including phenoxy) is 4. The van der Waals surface area contributed by atoms with Gasteiger partial charge in [0.05, 0.1) is 6.61 Å². The van der Waals surface area contributed by atoms with E-state index < -0.39 is 12.3 Å². The molecule has 2 aliphatic heterocycles. The molecule has 8 heteroatoms. The molecule has 0 aromatic rings. The molecule has 7 nitrogen and oxygen atoms in total. The second-order valence-electron chi connectivity index (χ2n) is 3.47. The van der Waals surface area contributed by atoms with Crippen LogP contribution in [0.25, 0.3) is 0 Å². The van der Waals surface area contributed by atoms with E-state index in [-0.39, 0.29) is 32.0 Å².